The van der Waals surface area contributed by atoms with E-state index in [1.807, 2.05) is 38.1 Å². The van der Waals surface area contributed by atoms with Gasteiger partial charge in [0.05, 0.1) is 11.9 Å². The molecular weight excluding hydrogens is 290 g/mol. The highest BCUT2D eigenvalue weighted by Crippen LogP contribution is 2.24. The molecule has 0 fully saturated rings. The normalized spacial score (nSPS) is 12.5. The second-order valence-electron chi connectivity index (χ2n) is 5.07. The van der Waals surface area contributed by atoms with Crippen molar-refractivity contribution in [1.82, 2.24) is 4.57 Å². The number of hydrogen-bond donors (Lipinski definition) is 2. The minimum Gasteiger partial charge on any atom is -0.481 e. The largest absolute Gasteiger partial charge is 0.481 e. The van der Waals surface area contributed by atoms with E-state index >= 15 is 0 Å². The van der Waals surface area contributed by atoms with E-state index in [2.05, 4.69) is 19.1 Å². The minimum absolute atomic E-state index is 0.0456. The van der Waals surface area contributed by atoms with Crippen molar-refractivity contribution in [2.75, 3.05) is 0 Å². The Morgan fingerprint density at radius 2 is 1.96 bits per heavy atom. The second kappa shape index (κ2) is 9.64. The molecule has 1 atom stereocenters. The van der Waals surface area contributed by atoms with Gasteiger partial charge in [-0.05, 0) is 38.0 Å². The Morgan fingerprint density at radius 3 is 2.48 bits per heavy atom. The van der Waals surface area contributed by atoms with Crippen molar-refractivity contribution in [2.24, 2.45) is 0 Å². The Balaban J connectivity index is 0.000000463. The smallest absolute Gasteiger partial charge is 0.307 e. The van der Waals surface area contributed by atoms with Crippen LogP contribution in [-0.4, -0.2) is 20.7 Å². The van der Waals surface area contributed by atoms with Gasteiger partial charge in [-0.2, -0.15) is 0 Å². The number of aliphatic hydroxyl groups is 1. The van der Waals surface area contributed by atoms with Crippen LogP contribution >= 0.6 is 0 Å². The fraction of sp³-hybridized carbons (Fsp3) is 0.316. The fourth-order valence-electron chi connectivity index (χ4n) is 2.30. The highest BCUT2D eigenvalue weighted by molar-refractivity contribution is 5.87. The van der Waals surface area contributed by atoms with Gasteiger partial charge in [0.1, 0.15) is 6.23 Å². The van der Waals surface area contributed by atoms with E-state index in [4.69, 9.17) is 5.11 Å². The molecule has 2 N–H and O–H groups in total. The van der Waals surface area contributed by atoms with Crippen LogP contribution in [0.4, 0.5) is 0 Å². The Morgan fingerprint density at radius 1 is 1.26 bits per heavy atom. The number of para-hydroxylation sites is 1. The first-order valence-corrected chi connectivity index (χ1v) is 7.77. The van der Waals surface area contributed by atoms with E-state index in [0.717, 1.165) is 17.3 Å². The fourth-order valence-corrected chi connectivity index (χ4v) is 2.30. The van der Waals surface area contributed by atoms with E-state index in [9.17, 15) is 9.90 Å². The molecule has 0 saturated carbocycles. The molecule has 0 spiro atoms. The van der Waals surface area contributed by atoms with Crippen LogP contribution in [0.5, 0.6) is 0 Å². The van der Waals surface area contributed by atoms with Crippen molar-refractivity contribution in [2.45, 2.75) is 39.8 Å². The molecule has 1 aromatic carbocycles. The Labute approximate surface area is 137 Å². The minimum atomic E-state index is -0.876. The van der Waals surface area contributed by atoms with Crippen LogP contribution < -0.4 is 0 Å². The molecule has 1 aromatic heterocycles. The van der Waals surface area contributed by atoms with Crippen LogP contribution in [0.3, 0.4) is 0 Å². The van der Waals surface area contributed by atoms with Gasteiger partial charge < -0.3 is 14.8 Å². The summed E-state index contributed by atoms with van der Waals surface area (Å²) in [5.41, 5.74) is 1.54. The number of fused-ring (bicyclic) bond motifs is 1. The number of hydrogen-bond acceptors (Lipinski definition) is 2. The maximum absolute atomic E-state index is 10.8. The van der Waals surface area contributed by atoms with Gasteiger partial charge in [0.25, 0.3) is 0 Å². The van der Waals surface area contributed by atoms with Crippen molar-refractivity contribution >= 4 is 16.9 Å². The molecular formula is C19H25NO3. The third-order valence-electron chi connectivity index (χ3n) is 3.29. The molecule has 0 aliphatic rings. The summed E-state index contributed by atoms with van der Waals surface area (Å²) in [5, 5.41) is 19.8. The van der Waals surface area contributed by atoms with Crippen LogP contribution in [0.1, 0.15) is 39.0 Å². The molecule has 0 aliphatic carbocycles. The number of aromatic nitrogens is 1. The van der Waals surface area contributed by atoms with Gasteiger partial charge in [-0.25, -0.2) is 0 Å². The zero-order valence-electron chi connectivity index (χ0n) is 13.9. The van der Waals surface area contributed by atoms with Gasteiger partial charge in [-0.3, -0.25) is 4.79 Å². The average Bonchev–Trinajstić information content (AvgIpc) is 2.87. The topological polar surface area (TPSA) is 62.5 Å². The third-order valence-corrected chi connectivity index (χ3v) is 3.29. The van der Waals surface area contributed by atoms with E-state index in [0.29, 0.717) is 5.56 Å². The van der Waals surface area contributed by atoms with E-state index in [1.54, 1.807) is 22.9 Å². The molecule has 0 saturated heterocycles. The molecule has 23 heavy (non-hydrogen) atoms. The van der Waals surface area contributed by atoms with Gasteiger partial charge in [-0.1, -0.05) is 43.4 Å². The van der Waals surface area contributed by atoms with Crippen molar-refractivity contribution in [3.63, 3.8) is 0 Å². The predicted molar refractivity (Wildman–Crippen MR) is 94.5 cm³/mol. The van der Waals surface area contributed by atoms with Crippen molar-refractivity contribution in [1.29, 1.82) is 0 Å². The Hall–Kier alpha value is -2.33. The molecule has 4 heteroatoms. The van der Waals surface area contributed by atoms with Gasteiger partial charge in [0.2, 0.25) is 0 Å². The number of carboxylic acids is 1. The third kappa shape index (κ3) is 5.42. The number of allylic oxidation sites excluding steroid dienone is 3. The highest BCUT2D eigenvalue weighted by atomic mass is 16.4. The van der Waals surface area contributed by atoms with Crippen LogP contribution in [0.15, 0.2) is 54.8 Å². The summed E-state index contributed by atoms with van der Waals surface area (Å²) in [6.45, 7) is 5.98. The van der Waals surface area contributed by atoms with Crippen molar-refractivity contribution in [3.05, 3.63) is 60.3 Å². The standard InChI is InChI=1S/C14H15NO3.C5H10/c1-2-5-13(16)15-9-10(8-14(17)18)11-6-3-4-7-12(11)15;1-3-5-4-2/h2-7,9,13,16H,8H2,1H3,(H,17,18);3,5H,4H2,1-2H3/b5-2+;5-3-. The summed E-state index contributed by atoms with van der Waals surface area (Å²) in [6.07, 6.45) is 9.63. The molecule has 4 nitrogen and oxygen atoms in total. The van der Waals surface area contributed by atoms with E-state index in [-0.39, 0.29) is 6.42 Å². The van der Waals surface area contributed by atoms with Gasteiger partial charge >= 0.3 is 5.97 Å². The quantitative estimate of drug-likeness (QED) is 0.808. The maximum Gasteiger partial charge on any atom is 0.307 e. The molecule has 0 bridgehead atoms. The monoisotopic (exact) mass is 315 g/mol. The first kappa shape index (κ1) is 18.7. The summed E-state index contributed by atoms with van der Waals surface area (Å²) in [6, 6.07) is 7.46. The Bertz CT molecular complexity index is 683. The number of carboxylic acid groups (broad SMARTS) is 1. The summed E-state index contributed by atoms with van der Waals surface area (Å²) in [7, 11) is 0. The molecule has 2 aromatic rings. The zero-order valence-corrected chi connectivity index (χ0v) is 13.9. The number of rotatable bonds is 5. The summed E-state index contributed by atoms with van der Waals surface area (Å²) in [5.74, 6) is -0.876. The SMILES string of the molecule is C/C=C/C(O)n1cc(CC(=O)O)c2ccccc21.C/C=C\CC. The predicted octanol–water partition coefficient (Wildman–Crippen LogP) is 4.31. The first-order valence-electron chi connectivity index (χ1n) is 7.77. The lowest BCUT2D eigenvalue weighted by Crippen LogP contribution is -2.03. The van der Waals surface area contributed by atoms with Crippen LogP contribution in [0.2, 0.25) is 0 Å². The van der Waals surface area contributed by atoms with Crippen LogP contribution in [0.25, 0.3) is 10.9 Å². The number of aliphatic carboxylic acids is 1. The van der Waals surface area contributed by atoms with Gasteiger partial charge in [0, 0.05) is 11.6 Å². The highest BCUT2D eigenvalue weighted by Gasteiger charge is 2.13. The van der Waals surface area contributed by atoms with E-state index < -0.39 is 12.2 Å². The zero-order chi connectivity index (χ0) is 17.2. The molecule has 0 aliphatic heterocycles. The lowest BCUT2D eigenvalue weighted by molar-refractivity contribution is -0.136. The summed E-state index contributed by atoms with van der Waals surface area (Å²) >= 11 is 0. The lowest BCUT2D eigenvalue weighted by Gasteiger charge is -2.09. The molecule has 124 valence electrons. The number of benzene rings is 1. The number of carbonyl (C=O) groups is 1. The van der Waals surface area contributed by atoms with Crippen LogP contribution in [0, 0.1) is 0 Å². The van der Waals surface area contributed by atoms with Crippen molar-refractivity contribution < 1.29 is 15.0 Å². The molecule has 2 rings (SSSR count). The molecule has 1 unspecified atom stereocenters. The molecule has 1 heterocycles. The first-order chi connectivity index (χ1) is 11.0. The Kier molecular flexibility index (Phi) is 7.84. The number of nitrogens with zero attached hydrogens (tertiary/aromatic N) is 1. The van der Waals surface area contributed by atoms with Crippen LogP contribution in [-0.2, 0) is 11.2 Å². The van der Waals surface area contributed by atoms with E-state index in [1.165, 1.54) is 0 Å². The average molecular weight is 315 g/mol. The van der Waals surface area contributed by atoms with Gasteiger partial charge in [-0.15, -0.1) is 0 Å². The van der Waals surface area contributed by atoms with Crippen molar-refractivity contribution in [3.8, 4) is 0 Å². The second-order valence-corrected chi connectivity index (χ2v) is 5.07. The number of aliphatic hydroxyl groups excluding tert-OH is 1. The summed E-state index contributed by atoms with van der Waals surface area (Å²) in [4.78, 5) is 10.8. The lowest BCUT2D eigenvalue weighted by atomic mass is 10.1. The maximum atomic E-state index is 10.8. The summed E-state index contributed by atoms with van der Waals surface area (Å²) < 4.78 is 1.67. The molecule has 0 radical (unpaired) electrons. The molecule has 0 amide bonds. The van der Waals surface area contributed by atoms with Gasteiger partial charge in [0.15, 0.2) is 0 Å².